The molecule has 13 atom stereocenters. The second kappa shape index (κ2) is 14.6. The average Bonchev–Trinajstić information content (AvgIpc) is 3.61. The van der Waals surface area contributed by atoms with Crippen molar-refractivity contribution < 1.29 is 52.3 Å². The fourth-order valence-corrected chi connectivity index (χ4v) is 10.0. The van der Waals surface area contributed by atoms with E-state index in [-0.39, 0.29) is 42.3 Å². The molecule has 4 fully saturated rings. The van der Waals surface area contributed by atoms with Crippen molar-refractivity contribution in [1.29, 1.82) is 0 Å². The molecule has 1 heterocycles. The summed E-state index contributed by atoms with van der Waals surface area (Å²) in [4.78, 5) is 39.9. The number of rotatable bonds is 12. The van der Waals surface area contributed by atoms with E-state index in [4.69, 9.17) is 24.7 Å². The maximum Gasteiger partial charge on any atom is 0.246 e. The molecule has 1 aromatic rings. The largest absolute Gasteiger partial charge is 0.494 e. The van der Waals surface area contributed by atoms with Crippen molar-refractivity contribution in [2.75, 3.05) is 19.0 Å². The zero-order chi connectivity index (χ0) is 39.5. The first-order valence-corrected chi connectivity index (χ1v) is 19.0. The van der Waals surface area contributed by atoms with Gasteiger partial charge in [-0.3, -0.25) is 14.4 Å². The highest BCUT2D eigenvalue weighted by atomic mass is 19.1. The number of methoxy groups -OCH3 is 1. The van der Waals surface area contributed by atoms with Crippen LogP contribution < -0.4 is 25.8 Å². The number of anilines is 1. The molecule has 1 aromatic carbocycles. The van der Waals surface area contributed by atoms with Crippen molar-refractivity contribution in [2.45, 2.75) is 128 Å². The number of hydrogen-bond donors (Lipinski definition) is 5. The highest BCUT2D eigenvalue weighted by Crippen LogP contribution is 2.72. The van der Waals surface area contributed by atoms with Crippen molar-refractivity contribution >= 4 is 23.3 Å². The van der Waals surface area contributed by atoms with Gasteiger partial charge in [0.15, 0.2) is 17.6 Å². The summed E-state index contributed by atoms with van der Waals surface area (Å²) in [5.74, 6) is -2.60. The highest BCUT2D eigenvalue weighted by Gasteiger charge is 2.80. The van der Waals surface area contributed by atoms with Gasteiger partial charge in [-0.05, 0) is 75.1 Å². The number of hydrogen-bond acceptors (Lipinski definition) is 10. The molecule has 1 saturated heterocycles. The monoisotopic (exact) mass is 759 g/mol. The number of aliphatic hydroxyl groups excluding tert-OH is 2. The predicted molar refractivity (Wildman–Crippen MR) is 195 cm³/mol. The number of halogens is 2. The first-order valence-electron chi connectivity index (χ1n) is 19.0. The van der Waals surface area contributed by atoms with Crippen LogP contribution in [0.3, 0.4) is 0 Å². The minimum atomic E-state index is -2.28. The molecule has 2 amide bonds. The molecule has 1 aliphatic heterocycles. The number of nitrogens with one attached hydrogen (secondary N) is 2. The van der Waals surface area contributed by atoms with Crippen molar-refractivity contribution in [2.24, 2.45) is 34.3 Å². The number of ketones is 1. The predicted octanol–water partition coefficient (Wildman–Crippen LogP) is 4.07. The maximum absolute atomic E-state index is 17.8. The molecule has 2 unspecified atom stereocenters. The van der Waals surface area contributed by atoms with Crippen molar-refractivity contribution in [3.63, 3.8) is 0 Å². The van der Waals surface area contributed by atoms with E-state index in [9.17, 15) is 24.6 Å². The van der Waals surface area contributed by atoms with E-state index in [1.54, 1.807) is 32.9 Å². The summed E-state index contributed by atoms with van der Waals surface area (Å²) in [7, 11) is 1.41. The Bertz CT molecular complexity index is 1710. The summed E-state index contributed by atoms with van der Waals surface area (Å²) >= 11 is 0. The number of fused-ring (bicyclic) bond motifs is 7. The van der Waals surface area contributed by atoms with Gasteiger partial charge >= 0.3 is 0 Å². The number of amides is 2. The molecule has 298 valence electrons. The number of ether oxygens (including phenoxy) is 4. The Morgan fingerprint density at radius 1 is 1.11 bits per heavy atom. The van der Waals surface area contributed by atoms with Crippen LogP contribution in [0.1, 0.15) is 73.6 Å². The van der Waals surface area contributed by atoms with E-state index in [0.29, 0.717) is 18.5 Å². The lowest BCUT2D eigenvalue weighted by molar-refractivity contribution is -0.234. The first kappa shape index (κ1) is 40.2. The molecule has 0 spiro atoms. The summed E-state index contributed by atoms with van der Waals surface area (Å²) in [6.45, 7) is 10.0. The van der Waals surface area contributed by atoms with Gasteiger partial charge in [-0.1, -0.05) is 46.3 Å². The molecule has 5 aliphatic rings. The van der Waals surface area contributed by atoms with Crippen molar-refractivity contribution in [3.05, 3.63) is 42.0 Å². The van der Waals surface area contributed by atoms with Gasteiger partial charge in [0.25, 0.3) is 0 Å². The summed E-state index contributed by atoms with van der Waals surface area (Å²) in [6.07, 6.45) is -0.345. The van der Waals surface area contributed by atoms with Gasteiger partial charge in [0.1, 0.15) is 30.3 Å². The normalized spacial score (nSPS) is 39.0. The van der Waals surface area contributed by atoms with E-state index in [1.807, 2.05) is 13.8 Å². The summed E-state index contributed by atoms with van der Waals surface area (Å²) in [5.41, 5.74) is -0.206. The molecule has 14 heteroatoms. The Morgan fingerprint density at radius 3 is 2.50 bits per heavy atom. The van der Waals surface area contributed by atoms with Crippen LogP contribution in [0.2, 0.25) is 0 Å². The lowest BCUT2D eigenvalue weighted by Crippen LogP contribution is -2.71. The van der Waals surface area contributed by atoms with Gasteiger partial charge in [0.05, 0.1) is 37.2 Å². The zero-order valence-electron chi connectivity index (χ0n) is 32.1. The Hall–Kier alpha value is -3.43. The van der Waals surface area contributed by atoms with Crippen LogP contribution in [0, 0.1) is 28.6 Å². The molecule has 12 nitrogen and oxygen atoms in total. The fraction of sp³-hybridized carbons (Fsp3) is 0.675. The minimum Gasteiger partial charge on any atom is -0.494 e. The third-order valence-corrected chi connectivity index (χ3v) is 13.0. The molecule has 6 N–H and O–H groups in total. The summed E-state index contributed by atoms with van der Waals surface area (Å²) in [6, 6.07) is 2.94. The van der Waals surface area contributed by atoms with Crippen molar-refractivity contribution in [3.8, 4) is 11.5 Å². The number of carbonyl (C=O) groups is 3. The third-order valence-electron chi connectivity index (χ3n) is 13.0. The SMILES string of the molecule is CCCC1O[C@@H]2C[C@H]3[C@@H]4C[C@H](F)C5=CC(O)C=C[C@]5(C)[C@@]4(F)[C@@H](O)C[C@]3(C)[C@]2(C(=O)COc2ccc(NC(=O)[C@H](C)NC(=O)[C@@H](N)C(C)C)c(OC)c2)O1. The van der Waals surface area contributed by atoms with Gasteiger partial charge in [-0.25, -0.2) is 8.78 Å². The molecule has 0 aromatic heterocycles. The molecule has 54 heavy (non-hydrogen) atoms. The molecule has 0 bridgehead atoms. The standard InChI is InChI=1S/C40H55F2N3O9/c1-8-9-33-53-32-17-24-25-16-27(41)26-14-22(46)12-13-37(26,5)39(25,42)30(47)18-38(24,6)40(32,54-33)31(48)19-52-23-10-11-28(29(15-23)51-7)45-35(49)21(4)44-36(50)34(43)20(2)3/h10-15,20-22,24-25,27,30,32-34,46-47H,8-9,16-19,43H2,1-7H3,(H,44,50)(H,45,49)/t21-,22?,24-,25-,27-,30-,32+,33?,34-,37-,38-,39-,40+/m0/s1. The van der Waals surface area contributed by atoms with Crippen LogP contribution >= 0.6 is 0 Å². The van der Waals surface area contributed by atoms with Gasteiger partial charge < -0.3 is 45.5 Å². The number of allylic oxidation sites excluding steroid dienone is 2. The number of nitrogens with two attached hydrogens (primary N) is 1. The molecule has 3 saturated carbocycles. The van der Waals surface area contributed by atoms with Gasteiger partial charge in [0, 0.05) is 22.8 Å². The lowest BCUT2D eigenvalue weighted by atomic mass is 9.44. The zero-order valence-corrected chi connectivity index (χ0v) is 32.1. The van der Waals surface area contributed by atoms with E-state index >= 15 is 8.78 Å². The number of Topliss-reactive ketones (excluding diaryl/α,β-unsaturated/α-hetero) is 1. The number of alkyl halides is 2. The Labute approximate surface area is 315 Å². The summed E-state index contributed by atoms with van der Waals surface area (Å²) < 4.78 is 58.4. The van der Waals surface area contributed by atoms with Crippen LogP contribution in [0.5, 0.6) is 11.5 Å². The molecule has 6 rings (SSSR count). The van der Waals surface area contributed by atoms with Crippen LogP contribution in [-0.2, 0) is 23.9 Å². The van der Waals surface area contributed by atoms with Crippen LogP contribution in [0.25, 0.3) is 0 Å². The molecular formula is C40H55F2N3O9. The number of aliphatic hydroxyl groups is 2. The van der Waals surface area contributed by atoms with Crippen molar-refractivity contribution in [1.82, 2.24) is 5.32 Å². The Balaban J connectivity index is 1.23. The smallest absolute Gasteiger partial charge is 0.246 e. The fourth-order valence-electron chi connectivity index (χ4n) is 10.0. The number of benzene rings is 1. The topological polar surface area (TPSA) is 179 Å². The van der Waals surface area contributed by atoms with E-state index in [2.05, 4.69) is 10.6 Å². The second-order valence-corrected chi connectivity index (χ2v) is 16.5. The molecule has 4 aliphatic carbocycles. The summed E-state index contributed by atoms with van der Waals surface area (Å²) in [5, 5.41) is 27.4. The number of carbonyl (C=O) groups excluding carboxylic acids is 3. The van der Waals surface area contributed by atoms with Gasteiger partial charge in [-0.15, -0.1) is 0 Å². The Kier molecular flexibility index (Phi) is 10.9. The van der Waals surface area contributed by atoms with Crippen LogP contribution in [-0.4, -0.2) is 95.7 Å². The highest BCUT2D eigenvalue weighted by molar-refractivity contribution is 5.98. The van der Waals surface area contributed by atoms with E-state index in [1.165, 1.54) is 38.3 Å². The average molecular weight is 760 g/mol. The minimum absolute atomic E-state index is 0.112. The molecule has 0 radical (unpaired) electrons. The van der Waals surface area contributed by atoms with E-state index < -0.39 is 101 Å². The third kappa shape index (κ3) is 6.16. The van der Waals surface area contributed by atoms with Crippen LogP contribution in [0.4, 0.5) is 14.5 Å². The van der Waals surface area contributed by atoms with Crippen LogP contribution in [0.15, 0.2) is 42.0 Å². The quantitative estimate of drug-likeness (QED) is 0.195. The maximum atomic E-state index is 17.8. The molecular weight excluding hydrogens is 704 g/mol. The first-order chi connectivity index (χ1) is 25.4. The second-order valence-electron chi connectivity index (χ2n) is 16.5. The van der Waals surface area contributed by atoms with Gasteiger partial charge in [0.2, 0.25) is 17.6 Å². The Morgan fingerprint density at radius 2 is 1.83 bits per heavy atom. The van der Waals surface area contributed by atoms with Gasteiger partial charge in [-0.2, -0.15) is 0 Å². The van der Waals surface area contributed by atoms with E-state index in [0.717, 1.165) is 0 Å². The lowest BCUT2D eigenvalue weighted by Gasteiger charge is -2.63.